The van der Waals surface area contributed by atoms with E-state index in [1.54, 1.807) is 33.1 Å². The van der Waals surface area contributed by atoms with Crippen LogP contribution in [0.15, 0.2) is 53.5 Å². The highest BCUT2D eigenvalue weighted by Gasteiger charge is 2.24. The molecule has 1 aromatic carbocycles. The molecule has 0 aliphatic heterocycles. The normalized spacial score (nSPS) is 16.6. The fourth-order valence-corrected chi connectivity index (χ4v) is 3.56. The molecular weight excluding hydrogens is 338 g/mol. The summed E-state index contributed by atoms with van der Waals surface area (Å²) >= 11 is 0. The Kier molecular flexibility index (Phi) is 6.73. The lowest BCUT2D eigenvalue weighted by atomic mass is 10.0. The third kappa shape index (κ3) is 5.14. The van der Waals surface area contributed by atoms with Crippen LogP contribution in [0.1, 0.15) is 25.8 Å². The van der Waals surface area contributed by atoms with Gasteiger partial charge in [0.25, 0.3) is 0 Å². The highest BCUT2D eigenvalue weighted by atomic mass is 32.2. The second-order valence-electron chi connectivity index (χ2n) is 6.04. The predicted octanol–water partition coefficient (Wildman–Crippen LogP) is 3.28. The van der Waals surface area contributed by atoms with E-state index in [0.29, 0.717) is 11.3 Å². The number of hydrogen-bond acceptors (Lipinski definition) is 3. The first-order chi connectivity index (χ1) is 11.9. The van der Waals surface area contributed by atoms with Crippen LogP contribution in [0.4, 0.5) is 0 Å². The van der Waals surface area contributed by atoms with E-state index < -0.39 is 23.0 Å². The molecule has 0 aromatic heterocycles. The zero-order valence-electron chi connectivity index (χ0n) is 14.6. The van der Waals surface area contributed by atoms with Crippen molar-refractivity contribution < 1.29 is 18.8 Å². The molecule has 0 amide bonds. The van der Waals surface area contributed by atoms with Gasteiger partial charge in [-0.2, -0.15) is 0 Å². The Labute approximate surface area is 150 Å². The summed E-state index contributed by atoms with van der Waals surface area (Å²) < 4.78 is 20.3. The molecule has 2 N–H and O–H groups in total. The summed E-state index contributed by atoms with van der Waals surface area (Å²) in [6.07, 6.45) is 8.10. The van der Waals surface area contributed by atoms with Gasteiger partial charge < -0.3 is 9.84 Å². The molecule has 2 rings (SSSR count). The van der Waals surface area contributed by atoms with Gasteiger partial charge >= 0.3 is 5.97 Å². The first-order valence-electron chi connectivity index (χ1n) is 8.05. The average molecular weight is 361 g/mol. The van der Waals surface area contributed by atoms with Crippen LogP contribution in [0.2, 0.25) is 0 Å². The molecule has 0 fully saturated rings. The molecule has 0 saturated heterocycles. The van der Waals surface area contributed by atoms with Crippen molar-refractivity contribution in [3.05, 3.63) is 59.0 Å². The Bertz CT molecular complexity index is 732. The first-order valence-corrected chi connectivity index (χ1v) is 9.20. The summed E-state index contributed by atoms with van der Waals surface area (Å²) in [4.78, 5) is 11.8. The number of carbonyl (C=O) groups is 1. The van der Waals surface area contributed by atoms with Crippen LogP contribution >= 0.6 is 0 Å². The number of rotatable bonds is 7. The van der Waals surface area contributed by atoms with Crippen LogP contribution in [0, 0.1) is 5.92 Å². The fourth-order valence-electron chi connectivity index (χ4n) is 2.41. The van der Waals surface area contributed by atoms with E-state index >= 15 is 0 Å². The van der Waals surface area contributed by atoms with Gasteiger partial charge in [-0.05, 0) is 47.8 Å². The van der Waals surface area contributed by atoms with E-state index in [4.69, 9.17) is 4.74 Å². The van der Waals surface area contributed by atoms with Crippen molar-refractivity contribution in [3.8, 4) is 5.75 Å². The van der Waals surface area contributed by atoms with Crippen molar-refractivity contribution in [2.45, 2.75) is 26.3 Å². The van der Waals surface area contributed by atoms with E-state index in [9.17, 15) is 14.1 Å². The molecule has 0 spiro atoms. The van der Waals surface area contributed by atoms with Gasteiger partial charge in [0.05, 0.1) is 12.0 Å². The zero-order valence-corrected chi connectivity index (χ0v) is 15.4. The summed E-state index contributed by atoms with van der Waals surface area (Å²) in [6.45, 7) is 3.56. The van der Waals surface area contributed by atoms with E-state index in [0.717, 1.165) is 16.9 Å². The lowest BCUT2D eigenvalue weighted by molar-refractivity contribution is -0.140. The number of benzene rings is 1. The number of ether oxygens (including phenoxy) is 1. The van der Waals surface area contributed by atoms with Crippen molar-refractivity contribution in [3.63, 3.8) is 0 Å². The van der Waals surface area contributed by atoms with Crippen molar-refractivity contribution >= 4 is 22.5 Å². The molecule has 1 aliphatic rings. The SMILES string of the molecule is COc1ccc(C2=CC=C(S(=O)NC(C(=O)O)C(C)C)C=CC2)cc1. The molecule has 2 atom stereocenters. The Morgan fingerprint density at radius 3 is 2.48 bits per heavy atom. The number of carboxylic acids is 1. The highest BCUT2D eigenvalue weighted by Crippen LogP contribution is 2.24. The quantitative estimate of drug-likeness (QED) is 0.781. The zero-order chi connectivity index (χ0) is 18.4. The topological polar surface area (TPSA) is 75.6 Å². The maximum Gasteiger partial charge on any atom is 0.321 e. The number of hydrogen-bond donors (Lipinski definition) is 2. The molecule has 134 valence electrons. The third-order valence-corrected chi connectivity index (χ3v) is 5.08. The smallest absolute Gasteiger partial charge is 0.321 e. The number of allylic oxidation sites excluding steroid dienone is 5. The van der Waals surface area contributed by atoms with Crippen LogP contribution in [-0.4, -0.2) is 28.4 Å². The van der Waals surface area contributed by atoms with Gasteiger partial charge in [-0.1, -0.05) is 38.1 Å². The Balaban J connectivity index is 2.17. The molecule has 0 radical (unpaired) electrons. The molecule has 1 aliphatic carbocycles. The van der Waals surface area contributed by atoms with Gasteiger partial charge in [0.2, 0.25) is 0 Å². The Morgan fingerprint density at radius 1 is 1.24 bits per heavy atom. The average Bonchev–Trinajstić information content (AvgIpc) is 2.85. The lowest BCUT2D eigenvalue weighted by Gasteiger charge is -2.17. The molecule has 0 bridgehead atoms. The molecule has 1 aromatic rings. The van der Waals surface area contributed by atoms with Gasteiger partial charge in [0, 0.05) is 0 Å². The molecule has 5 nitrogen and oxygen atoms in total. The summed E-state index contributed by atoms with van der Waals surface area (Å²) in [7, 11) is 0.0402. The number of carboxylic acid groups (broad SMARTS) is 1. The van der Waals surface area contributed by atoms with E-state index in [-0.39, 0.29) is 5.92 Å². The summed E-state index contributed by atoms with van der Waals surface area (Å²) in [6, 6.07) is 6.89. The summed E-state index contributed by atoms with van der Waals surface area (Å²) in [5.41, 5.74) is 2.15. The minimum absolute atomic E-state index is 0.165. The van der Waals surface area contributed by atoms with Gasteiger partial charge in [0.15, 0.2) is 0 Å². The Hall–Kier alpha value is -2.18. The monoisotopic (exact) mass is 361 g/mol. The molecule has 6 heteroatoms. The van der Waals surface area contributed by atoms with E-state index in [1.807, 2.05) is 36.4 Å². The third-order valence-electron chi connectivity index (χ3n) is 3.91. The van der Waals surface area contributed by atoms with Gasteiger partial charge in [-0.15, -0.1) is 0 Å². The maximum absolute atomic E-state index is 12.5. The van der Waals surface area contributed by atoms with Crippen LogP contribution < -0.4 is 9.46 Å². The standard InChI is InChI=1S/C19H23NO4S/c1-13(2)18(19(21)22)20-25(23)17-6-4-5-14(9-12-17)15-7-10-16(24-3)11-8-15/h4,6-13,18,20H,5H2,1-3H3,(H,21,22). The van der Waals surface area contributed by atoms with Crippen molar-refractivity contribution in [1.82, 2.24) is 4.72 Å². The number of nitrogens with one attached hydrogen (secondary N) is 1. The minimum Gasteiger partial charge on any atom is -0.497 e. The van der Waals surface area contributed by atoms with Crippen molar-refractivity contribution in [1.29, 1.82) is 0 Å². The molecule has 0 heterocycles. The summed E-state index contributed by atoms with van der Waals surface area (Å²) in [5.74, 6) is -0.373. The second-order valence-corrected chi connectivity index (χ2v) is 7.29. The van der Waals surface area contributed by atoms with E-state index in [1.165, 1.54) is 0 Å². The number of aliphatic carboxylic acids is 1. The van der Waals surface area contributed by atoms with Crippen LogP contribution in [0.25, 0.3) is 5.57 Å². The molecule has 0 saturated carbocycles. The highest BCUT2D eigenvalue weighted by molar-refractivity contribution is 7.87. The van der Waals surface area contributed by atoms with Crippen LogP contribution in [0.5, 0.6) is 5.75 Å². The van der Waals surface area contributed by atoms with Crippen molar-refractivity contribution in [2.75, 3.05) is 7.11 Å². The van der Waals surface area contributed by atoms with Crippen LogP contribution in [-0.2, 0) is 15.8 Å². The van der Waals surface area contributed by atoms with Gasteiger partial charge in [0.1, 0.15) is 22.8 Å². The Morgan fingerprint density at radius 2 is 1.92 bits per heavy atom. The predicted molar refractivity (Wildman–Crippen MR) is 100 cm³/mol. The lowest BCUT2D eigenvalue weighted by Crippen LogP contribution is -2.41. The van der Waals surface area contributed by atoms with Crippen molar-refractivity contribution in [2.24, 2.45) is 5.92 Å². The molecule has 25 heavy (non-hydrogen) atoms. The second kappa shape index (κ2) is 8.78. The van der Waals surface area contributed by atoms with E-state index in [2.05, 4.69) is 4.72 Å². The number of methoxy groups -OCH3 is 1. The minimum atomic E-state index is -1.59. The van der Waals surface area contributed by atoms with Gasteiger partial charge in [-0.3, -0.25) is 4.79 Å². The summed E-state index contributed by atoms with van der Waals surface area (Å²) in [5, 5.41) is 9.22. The van der Waals surface area contributed by atoms with Crippen LogP contribution in [0.3, 0.4) is 0 Å². The fraction of sp³-hybridized carbons (Fsp3) is 0.316. The first kappa shape index (κ1) is 19.1. The van der Waals surface area contributed by atoms with Gasteiger partial charge in [-0.25, -0.2) is 8.93 Å². The molecule has 2 unspecified atom stereocenters. The largest absolute Gasteiger partial charge is 0.497 e. The molecular formula is C19H23NO4S. The maximum atomic E-state index is 12.5.